The van der Waals surface area contributed by atoms with Gasteiger partial charge in [-0.3, -0.25) is 14.5 Å². The fourth-order valence-corrected chi connectivity index (χ4v) is 3.31. The first-order valence-corrected chi connectivity index (χ1v) is 9.41. The van der Waals surface area contributed by atoms with E-state index in [-0.39, 0.29) is 13.1 Å². The number of halogens is 1. The number of terminal acetylenes is 1. The lowest BCUT2D eigenvalue weighted by Gasteiger charge is -2.24. The van der Waals surface area contributed by atoms with Crippen molar-refractivity contribution in [1.82, 2.24) is 15.1 Å². The van der Waals surface area contributed by atoms with Crippen molar-refractivity contribution in [2.45, 2.75) is 25.9 Å². The molecular weight excluding hydrogens is 385 g/mol. The minimum atomic E-state index is -1.38. The van der Waals surface area contributed by atoms with Crippen molar-refractivity contribution in [1.29, 1.82) is 0 Å². The van der Waals surface area contributed by atoms with Gasteiger partial charge in [-0.2, -0.15) is 0 Å². The van der Waals surface area contributed by atoms with Crippen molar-refractivity contribution in [2.75, 3.05) is 13.1 Å². The van der Waals surface area contributed by atoms with Crippen LogP contribution in [-0.4, -0.2) is 40.7 Å². The Morgan fingerprint density at radius 1 is 1.17 bits per heavy atom. The highest BCUT2D eigenvalue weighted by Gasteiger charge is 2.49. The van der Waals surface area contributed by atoms with Crippen LogP contribution >= 0.6 is 0 Å². The number of aryl methyl sites for hydroxylation is 1. The van der Waals surface area contributed by atoms with Gasteiger partial charge in [0.25, 0.3) is 5.91 Å². The second kappa shape index (κ2) is 8.37. The summed E-state index contributed by atoms with van der Waals surface area (Å²) in [6.45, 7) is 3.36. The predicted molar refractivity (Wildman–Crippen MR) is 109 cm³/mol. The first-order valence-electron chi connectivity index (χ1n) is 9.41. The molecule has 0 spiro atoms. The van der Waals surface area contributed by atoms with Crippen molar-refractivity contribution in [2.24, 2.45) is 0 Å². The molecule has 30 heavy (non-hydrogen) atoms. The molecule has 1 atom stereocenters. The molecule has 1 aliphatic heterocycles. The lowest BCUT2D eigenvalue weighted by Crippen LogP contribution is -2.44. The van der Waals surface area contributed by atoms with Gasteiger partial charge in [0.05, 0.1) is 6.54 Å². The number of amides is 4. The maximum atomic E-state index is 13.2. The van der Waals surface area contributed by atoms with Crippen LogP contribution in [0.5, 0.6) is 0 Å². The largest absolute Gasteiger partial charge is 0.326 e. The van der Waals surface area contributed by atoms with Gasteiger partial charge in [-0.25, -0.2) is 9.18 Å². The SMILES string of the molecule is C#CCN(Cc1ccc(C)cc1)C(=O)CN1C(=O)NC(C)(c2ccc(F)cc2)C1=O. The Labute approximate surface area is 174 Å². The van der Waals surface area contributed by atoms with Crippen molar-refractivity contribution in [3.05, 3.63) is 71.0 Å². The van der Waals surface area contributed by atoms with E-state index in [1.807, 2.05) is 31.2 Å². The van der Waals surface area contributed by atoms with E-state index in [0.29, 0.717) is 5.56 Å². The van der Waals surface area contributed by atoms with Gasteiger partial charge in [0.15, 0.2) is 0 Å². The van der Waals surface area contributed by atoms with Crippen LogP contribution in [0.3, 0.4) is 0 Å². The zero-order valence-electron chi connectivity index (χ0n) is 16.8. The van der Waals surface area contributed by atoms with Crippen LogP contribution < -0.4 is 5.32 Å². The Bertz CT molecular complexity index is 1010. The third-order valence-electron chi connectivity index (χ3n) is 5.12. The van der Waals surface area contributed by atoms with Gasteiger partial charge in [0.1, 0.15) is 17.9 Å². The number of nitrogens with one attached hydrogen (secondary N) is 1. The number of hydrogen-bond donors (Lipinski definition) is 1. The number of carbonyl (C=O) groups excluding carboxylic acids is 3. The maximum Gasteiger partial charge on any atom is 0.325 e. The third-order valence-corrected chi connectivity index (χ3v) is 5.12. The monoisotopic (exact) mass is 407 g/mol. The van der Waals surface area contributed by atoms with E-state index in [1.165, 1.54) is 36.1 Å². The number of nitrogens with zero attached hydrogens (tertiary/aromatic N) is 2. The van der Waals surface area contributed by atoms with Crippen LogP contribution in [0, 0.1) is 25.1 Å². The van der Waals surface area contributed by atoms with Gasteiger partial charge in [-0.15, -0.1) is 6.42 Å². The zero-order chi connectivity index (χ0) is 21.9. The van der Waals surface area contributed by atoms with E-state index in [1.54, 1.807) is 0 Å². The lowest BCUT2D eigenvalue weighted by atomic mass is 9.92. The second-order valence-electron chi connectivity index (χ2n) is 7.39. The number of imide groups is 1. The standard InChI is InChI=1S/C23H22FN3O3/c1-4-13-26(14-17-7-5-16(2)6-8-17)20(28)15-27-21(29)23(3,25-22(27)30)18-9-11-19(24)12-10-18/h1,5-12H,13-15H2,2-3H3,(H,25,30). The molecule has 7 heteroatoms. The molecule has 1 aliphatic rings. The summed E-state index contributed by atoms with van der Waals surface area (Å²) in [6.07, 6.45) is 5.40. The van der Waals surface area contributed by atoms with Gasteiger partial charge in [0, 0.05) is 6.54 Å². The molecule has 0 aliphatic carbocycles. The topological polar surface area (TPSA) is 69.7 Å². The van der Waals surface area contributed by atoms with Crippen molar-refractivity contribution in [3.8, 4) is 12.3 Å². The van der Waals surface area contributed by atoms with Gasteiger partial charge in [-0.1, -0.05) is 47.9 Å². The highest BCUT2D eigenvalue weighted by atomic mass is 19.1. The molecule has 4 amide bonds. The molecule has 1 heterocycles. The van der Waals surface area contributed by atoms with Crippen LogP contribution in [0.25, 0.3) is 0 Å². The quantitative estimate of drug-likeness (QED) is 0.591. The Morgan fingerprint density at radius 2 is 1.80 bits per heavy atom. The Morgan fingerprint density at radius 3 is 2.40 bits per heavy atom. The van der Waals surface area contributed by atoms with Crippen LogP contribution in [0.2, 0.25) is 0 Å². The molecule has 3 rings (SSSR count). The van der Waals surface area contributed by atoms with Gasteiger partial charge < -0.3 is 10.2 Å². The average molecular weight is 407 g/mol. The number of hydrogen-bond acceptors (Lipinski definition) is 3. The van der Waals surface area contributed by atoms with Crippen LogP contribution in [0.4, 0.5) is 9.18 Å². The predicted octanol–water partition coefficient (Wildman–Crippen LogP) is 2.56. The molecule has 154 valence electrons. The summed E-state index contributed by atoms with van der Waals surface area (Å²) in [5, 5.41) is 2.60. The summed E-state index contributed by atoms with van der Waals surface area (Å²) >= 11 is 0. The summed E-state index contributed by atoms with van der Waals surface area (Å²) in [4.78, 5) is 40.6. The maximum absolute atomic E-state index is 13.2. The molecule has 2 aromatic carbocycles. The molecule has 6 nitrogen and oxygen atoms in total. The molecule has 1 saturated heterocycles. The summed E-state index contributed by atoms with van der Waals surface area (Å²) in [5.74, 6) is 0.965. The number of carbonyl (C=O) groups is 3. The van der Waals surface area contributed by atoms with Crippen molar-refractivity contribution in [3.63, 3.8) is 0 Å². The first-order chi connectivity index (χ1) is 14.2. The zero-order valence-corrected chi connectivity index (χ0v) is 16.8. The number of urea groups is 1. The molecular formula is C23H22FN3O3. The molecule has 0 aromatic heterocycles. The minimum absolute atomic E-state index is 0.0472. The summed E-state index contributed by atoms with van der Waals surface area (Å²) in [7, 11) is 0. The van der Waals surface area contributed by atoms with E-state index in [2.05, 4.69) is 11.2 Å². The molecule has 0 saturated carbocycles. The fraction of sp³-hybridized carbons (Fsp3) is 0.261. The molecule has 1 unspecified atom stereocenters. The Hall–Kier alpha value is -3.66. The van der Waals surface area contributed by atoms with E-state index in [0.717, 1.165) is 16.0 Å². The normalized spacial score (nSPS) is 18.1. The number of benzene rings is 2. The second-order valence-corrected chi connectivity index (χ2v) is 7.39. The smallest absolute Gasteiger partial charge is 0.325 e. The Kier molecular flexibility index (Phi) is 5.88. The fourth-order valence-electron chi connectivity index (χ4n) is 3.31. The first kappa shape index (κ1) is 21.1. The number of rotatable bonds is 6. The summed E-state index contributed by atoms with van der Waals surface area (Å²) in [6, 6.07) is 12.3. The van der Waals surface area contributed by atoms with Crippen molar-refractivity contribution < 1.29 is 18.8 Å². The molecule has 1 fully saturated rings. The highest BCUT2D eigenvalue weighted by Crippen LogP contribution is 2.29. The van der Waals surface area contributed by atoms with E-state index >= 15 is 0 Å². The lowest BCUT2D eigenvalue weighted by molar-refractivity contribution is -0.138. The molecule has 0 radical (unpaired) electrons. The van der Waals surface area contributed by atoms with Crippen molar-refractivity contribution >= 4 is 17.8 Å². The van der Waals surface area contributed by atoms with Gasteiger partial charge >= 0.3 is 6.03 Å². The van der Waals surface area contributed by atoms with Gasteiger partial charge in [-0.05, 0) is 37.1 Å². The minimum Gasteiger partial charge on any atom is -0.326 e. The van der Waals surface area contributed by atoms with Gasteiger partial charge in [0.2, 0.25) is 5.91 Å². The van der Waals surface area contributed by atoms with Crippen LogP contribution in [0.1, 0.15) is 23.6 Å². The van der Waals surface area contributed by atoms with Crippen LogP contribution in [-0.2, 0) is 21.7 Å². The molecule has 1 N–H and O–H groups in total. The van der Waals surface area contributed by atoms with E-state index < -0.39 is 35.7 Å². The summed E-state index contributed by atoms with van der Waals surface area (Å²) in [5.41, 5.74) is 1.03. The van der Waals surface area contributed by atoms with E-state index in [9.17, 15) is 18.8 Å². The molecule has 0 bridgehead atoms. The Balaban J connectivity index is 1.76. The third kappa shape index (κ3) is 4.18. The summed E-state index contributed by atoms with van der Waals surface area (Å²) < 4.78 is 13.2. The molecule has 2 aromatic rings. The van der Waals surface area contributed by atoms with Crippen LogP contribution in [0.15, 0.2) is 48.5 Å². The average Bonchev–Trinajstić information content (AvgIpc) is 2.93. The van der Waals surface area contributed by atoms with E-state index in [4.69, 9.17) is 6.42 Å². The highest BCUT2D eigenvalue weighted by molar-refractivity contribution is 6.09.